The van der Waals surface area contributed by atoms with Gasteiger partial charge in [-0.2, -0.15) is 0 Å². The van der Waals surface area contributed by atoms with Crippen LogP contribution in [0.15, 0.2) is 57.0 Å². The van der Waals surface area contributed by atoms with E-state index in [1.54, 1.807) is 36.6 Å². The molecule has 1 N–H and O–H groups in total. The molecule has 0 radical (unpaired) electrons. The van der Waals surface area contributed by atoms with Gasteiger partial charge in [0, 0.05) is 0 Å². The van der Waals surface area contributed by atoms with Gasteiger partial charge in [-0.1, -0.05) is 29.8 Å². The highest BCUT2D eigenvalue weighted by Crippen LogP contribution is 2.19. The van der Waals surface area contributed by atoms with Crippen LogP contribution in [0.25, 0.3) is 10.9 Å². The van der Waals surface area contributed by atoms with Gasteiger partial charge in [-0.25, -0.2) is 4.98 Å². The molecule has 0 spiro atoms. The minimum absolute atomic E-state index is 0.116. The van der Waals surface area contributed by atoms with Crippen LogP contribution in [0.2, 0.25) is 0 Å². The van der Waals surface area contributed by atoms with Gasteiger partial charge in [0.25, 0.3) is 5.56 Å². The van der Waals surface area contributed by atoms with E-state index < -0.39 is 0 Å². The first-order valence-electron chi connectivity index (χ1n) is 7.54. The quantitative estimate of drug-likeness (QED) is 0.416. The number of aromatic nitrogens is 2. The predicted molar refractivity (Wildman–Crippen MR) is 96.4 cm³/mol. The Morgan fingerprint density at radius 2 is 2.16 bits per heavy atom. The van der Waals surface area contributed by atoms with Gasteiger partial charge in [-0.05, 0) is 24.3 Å². The fourth-order valence-corrected chi connectivity index (χ4v) is 3.11. The summed E-state index contributed by atoms with van der Waals surface area (Å²) >= 11 is 1.19. The number of hydrogen-bond acceptors (Lipinski definition) is 5. The third kappa shape index (κ3) is 3.92. The lowest BCUT2D eigenvalue weighted by Gasteiger charge is -2.12. The van der Waals surface area contributed by atoms with E-state index >= 15 is 0 Å². The lowest BCUT2D eigenvalue weighted by atomic mass is 10.2. The maximum absolute atomic E-state index is 12.8. The number of furan rings is 1. The predicted octanol–water partition coefficient (Wildman–Crippen LogP) is 1.88. The van der Waals surface area contributed by atoms with Gasteiger partial charge in [-0.15, -0.1) is 6.42 Å². The van der Waals surface area contributed by atoms with Gasteiger partial charge in [0.2, 0.25) is 5.91 Å². The summed E-state index contributed by atoms with van der Waals surface area (Å²) in [5.41, 5.74) is 0.420. The molecule has 3 aromatic rings. The van der Waals surface area contributed by atoms with E-state index in [0.29, 0.717) is 21.8 Å². The van der Waals surface area contributed by atoms with Gasteiger partial charge in [0.15, 0.2) is 5.16 Å². The van der Waals surface area contributed by atoms with Crippen LogP contribution < -0.4 is 10.9 Å². The van der Waals surface area contributed by atoms with Gasteiger partial charge < -0.3 is 9.73 Å². The van der Waals surface area contributed by atoms with Crippen LogP contribution in [-0.2, 0) is 11.3 Å². The largest absolute Gasteiger partial charge is 0.467 e. The number of para-hydroxylation sites is 1. The molecule has 6 nitrogen and oxygen atoms in total. The second kappa shape index (κ2) is 7.73. The summed E-state index contributed by atoms with van der Waals surface area (Å²) in [5, 5.41) is 3.57. The number of terminal acetylenes is 1. The molecule has 25 heavy (non-hydrogen) atoms. The summed E-state index contributed by atoms with van der Waals surface area (Å²) in [6.45, 7) is 0.418. The first-order chi connectivity index (χ1) is 12.2. The summed E-state index contributed by atoms with van der Waals surface area (Å²) < 4.78 is 6.85. The van der Waals surface area contributed by atoms with Crippen LogP contribution in [0.4, 0.5) is 0 Å². The zero-order valence-electron chi connectivity index (χ0n) is 13.3. The number of benzene rings is 1. The smallest absolute Gasteiger partial charge is 0.262 e. The number of nitrogens with zero attached hydrogens (tertiary/aromatic N) is 2. The molecule has 0 saturated heterocycles. The highest BCUT2D eigenvalue weighted by molar-refractivity contribution is 7.99. The molecular formula is C18H15N3O3S. The molecule has 1 amide bonds. The number of carbonyl (C=O) groups is 1. The van der Waals surface area contributed by atoms with Gasteiger partial charge >= 0.3 is 0 Å². The van der Waals surface area contributed by atoms with Crippen molar-refractivity contribution >= 4 is 28.6 Å². The van der Waals surface area contributed by atoms with Crippen molar-refractivity contribution in [1.29, 1.82) is 0 Å². The van der Waals surface area contributed by atoms with Crippen LogP contribution in [0.5, 0.6) is 0 Å². The highest BCUT2D eigenvalue weighted by atomic mass is 32.2. The Morgan fingerprint density at radius 3 is 2.92 bits per heavy atom. The average Bonchev–Trinajstić information content (AvgIpc) is 3.14. The maximum Gasteiger partial charge on any atom is 0.262 e. The zero-order chi connectivity index (χ0) is 17.6. The molecule has 7 heteroatoms. The summed E-state index contributed by atoms with van der Waals surface area (Å²) in [7, 11) is 0. The molecular weight excluding hydrogens is 338 g/mol. The summed E-state index contributed by atoms with van der Waals surface area (Å²) in [4.78, 5) is 29.2. The standard InChI is InChI=1S/C18H15N3O3S/c1-2-9-19-16(22)12-25-18-20-15-8-4-3-7-14(15)17(23)21(18)11-13-6-5-10-24-13/h1,3-8,10H,9,11-12H2,(H,19,22). The van der Waals surface area contributed by atoms with Crippen LogP contribution in [0.1, 0.15) is 5.76 Å². The molecule has 0 bridgehead atoms. The van der Waals surface area contributed by atoms with E-state index in [1.165, 1.54) is 16.3 Å². The van der Waals surface area contributed by atoms with E-state index in [-0.39, 0.29) is 30.3 Å². The number of rotatable bonds is 6. The molecule has 0 atom stereocenters. The molecule has 3 rings (SSSR count). The van der Waals surface area contributed by atoms with Crippen molar-refractivity contribution < 1.29 is 9.21 Å². The number of fused-ring (bicyclic) bond motifs is 1. The van der Waals surface area contributed by atoms with Crippen molar-refractivity contribution in [2.45, 2.75) is 11.7 Å². The Morgan fingerprint density at radius 1 is 1.32 bits per heavy atom. The van der Waals surface area contributed by atoms with Crippen molar-refractivity contribution in [2.24, 2.45) is 0 Å². The second-order valence-corrected chi connectivity index (χ2v) is 6.09. The zero-order valence-corrected chi connectivity index (χ0v) is 14.1. The first kappa shape index (κ1) is 16.9. The minimum atomic E-state index is -0.213. The maximum atomic E-state index is 12.8. The molecule has 0 fully saturated rings. The van der Waals surface area contributed by atoms with E-state index in [0.717, 1.165) is 0 Å². The van der Waals surface area contributed by atoms with E-state index in [4.69, 9.17) is 10.8 Å². The molecule has 0 aliphatic rings. The summed E-state index contributed by atoms with van der Waals surface area (Å²) in [6.07, 6.45) is 6.68. The first-order valence-corrected chi connectivity index (χ1v) is 8.52. The monoisotopic (exact) mass is 353 g/mol. The Labute approximate surface area is 148 Å². The fraction of sp³-hybridized carbons (Fsp3) is 0.167. The topological polar surface area (TPSA) is 77.1 Å². The number of nitrogens with one attached hydrogen (secondary N) is 1. The van der Waals surface area contributed by atoms with Crippen LogP contribution >= 0.6 is 11.8 Å². The van der Waals surface area contributed by atoms with Crippen molar-refractivity contribution in [3.05, 3.63) is 58.8 Å². The van der Waals surface area contributed by atoms with Gasteiger partial charge in [-0.3, -0.25) is 14.2 Å². The number of amides is 1. The van der Waals surface area contributed by atoms with Crippen molar-refractivity contribution in [3.63, 3.8) is 0 Å². The summed E-state index contributed by atoms with van der Waals surface area (Å²) in [6, 6.07) is 10.7. The Balaban J connectivity index is 1.95. The van der Waals surface area contributed by atoms with Gasteiger partial charge in [0.05, 0.1) is 36.0 Å². The minimum Gasteiger partial charge on any atom is -0.467 e. The van der Waals surface area contributed by atoms with E-state index in [9.17, 15) is 9.59 Å². The van der Waals surface area contributed by atoms with Crippen molar-refractivity contribution in [1.82, 2.24) is 14.9 Å². The van der Waals surface area contributed by atoms with E-state index in [1.807, 2.05) is 6.07 Å². The van der Waals surface area contributed by atoms with Gasteiger partial charge in [0.1, 0.15) is 5.76 Å². The highest BCUT2D eigenvalue weighted by Gasteiger charge is 2.14. The third-order valence-electron chi connectivity index (χ3n) is 3.44. The van der Waals surface area contributed by atoms with Crippen molar-refractivity contribution in [2.75, 3.05) is 12.3 Å². The van der Waals surface area contributed by atoms with E-state index in [2.05, 4.69) is 16.2 Å². The van der Waals surface area contributed by atoms with Crippen LogP contribution in [-0.4, -0.2) is 27.8 Å². The Hall–Kier alpha value is -2.98. The molecule has 0 aliphatic carbocycles. The summed E-state index contributed by atoms with van der Waals surface area (Å²) in [5.74, 6) is 2.89. The lowest BCUT2D eigenvalue weighted by molar-refractivity contribution is -0.118. The molecule has 1 aromatic carbocycles. The SMILES string of the molecule is C#CCNC(=O)CSc1nc2ccccc2c(=O)n1Cc1ccco1. The number of carbonyl (C=O) groups excluding carboxylic acids is 1. The second-order valence-electron chi connectivity index (χ2n) is 5.15. The molecule has 0 saturated carbocycles. The molecule has 0 aliphatic heterocycles. The lowest BCUT2D eigenvalue weighted by Crippen LogP contribution is -2.27. The number of thioether (sulfide) groups is 1. The molecule has 126 valence electrons. The Bertz CT molecular complexity index is 987. The Kier molecular flexibility index (Phi) is 5.21. The molecule has 2 aromatic heterocycles. The van der Waals surface area contributed by atoms with Crippen LogP contribution in [0.3, 0.4) is 0 Å². The molecule has 0 unspecified atom stereocenters. The third-order valence-corrected chi connectivity index (χ3v) is 4.42. The fourth-order valence-electron chi connectivity index (χ4n) is 2.29. The van der Waals surface area contributed by atoms with Crippen LogP contribution in [0, 0.1) is 12.3 Å². The molecule has 2 heterocycles. The van der Waals surface area contributed by atoms with Crippen molar-refractivity contribution in [3.8, 4) is 12.3 Å². The normalized spacial score (nSPS) is 10.5. The number of hydrogen-bond donors (Lipinski definition) is 1. The average molecular weight is 353 g/mol.